The molecule has 5 nitrogen and oxygen atoms in total. The Balaban J connectivity index is 1.60. The SMILES string of the molecule is O=C(COCC(F)(F)F)N1CCC[C@H](c2nc3ccccc3[nH]2)C1. The van der Waals surface area contributed by atoms with E-state index < -0.39 is 25.3 Å². The summed E-state index contributed by atoms with van der Waals surface area (Å²) in [5, 5.41) is 0. The fourth-order valence-electron chi connectivity index (χ4n) is 2.94. The number of carbonyl (C=O) groups is 1. The monoisotopic (exact) mass is 341 g/mol. The summed E-state index contributed by atoms with van der Waals surface area (Å²) in [5.74, 6) is 0.447. The lowest BCUT2D eigenvalue weighted by molar-refractivity contribution is -0.178. The fourth-order valence-corrected chi connectivity index (χ4v) is 2.94. The number of H-pyrrole nitrogens is 1. The number of rotatable bonds is 4. The number of halogens is 3. The normalized spacial score (nSPS) is 19.0. The lowest BCUT2D eigenvalue weighted by atomic mass is 9.97. The van der Waals surface area contributed by atoms with Gasteiger partial charge in [0.2, 0.25) is 5.91 Å². The zero-order chi connectivity index (χ0) is 17.2. The second-order valence-corrected chi connectivity index (χ2v) is 5.93. The molecule has 1 aromatic heterocycles. The van der Waals surface area contributed by atoms with Gasteiger partial charge in [0.1, 0.15) is 19.0 Å². The highest BCUT2D eigenvalue weighted by molar-refractivity contribution is 5.78. The van der Waals surface area contributed by atoms with Crippen LogP contribution in [0.25, 0.3) is 11.0 Å². The van der Waals surface area contributed by atoms with Crippen molar-refractivity contribution in [2.24, 2.45) is 0 Å². The zero-order valence-electron chi connectivity index (χ0n) is 13.0. The molecule has 8 heteroatoms. The molecular weight excluding hydrogens is 323 g/mol. The Bertz CT molecular complexity index is 681. The third-order valence-electron chi connectivity index (χ3n) is 4.06. The highest BCUT2D eigenvalue weighted by atomic mass is 19.4. The minimum absolute atomic E-state index is 0.0534. The van der Waals surface area contributed by atoms with E-state index in [-0.39, 0.29) is 5.92 Å². The first-order chi connectivity index (χ1) is 11.4. The Morgan fingerprint density at radius 3 is 2.92 bits per heavy atom. The Morgan fingerprint density at radius 2 is 2.17 bits per heavy atom. The Morgan fingerprint density at radius 1 is 1.38 bits per heavy atom. The second-order valence-electron chi connectivity index (χ2n) is 5.93. The number of ether oxygens (including phenoxy) is 1. The van der Waals surface area contributed by atoms with Gasteiger partial charge in [0.25, 0.3) is 0 Å². The van der Waals surface area contributed by atoms with Crippen LogP contribution in [0.4, 0.5) is 13.2 Å². The van der Waals surface area contributed by atoms with Crippen molar-refractivity contribution in [2.45, 2.75) is 24.9 Å². The topological polar surface area (TPSA) is 58.2 Å². The quantitative estimate of drug-likeness (QED) is 0.930. The average Bonchev–Trinajstić information content (AvgIpc) is 2.98. The number of para-hydroxylation sites is 2. The average molecular weight is 341 g/mol. The third-order valence-corrected chi connectivity index (χ3v) is 4.06. The molecule has 1 atom stereocenters. The Hall–Kier alpha value is -2.09. The second kappa shape index (κ2) is 6.80. The standard InChI is InChI=1S/C16H18F3N3O2/c17-16(18,19)10-24-9-14(23)22-7-3-4-11(8-22)15-20-12-5-1-2-6-13(12)21-15/h1-2,5-6,11H,3-4,7-10H2,(H,20,21)/t11-/m0/s1. The predicted molar refractivity (Wildman–Crippen MR) is 81.5 cm³/mol. The number of aromatic nitrogens is 2. The lowest BCUT2D eigenvalue weighted by Gasteiger charge is -2.31. The van der Waals surface area contributed by atoms with Gasteiger partial charge in [-0.15, -0.1) is 0 Å². The molecule has 2 heterocycles. The summed E-state index contributed by atoms with van der Waals surface area (Å²) >= 11 is 0. The summed E-state index contributed by atoms with van der Waals surface area (Å²) in [6, 6.07) is 7.66. The molecule has 0 bridgehead atoms. The number of alkyl halides is 3. The molecule has 0 unspecified atom stereocenters. The maximum absolute atomic E-state index is 12.1. The highest BCUT2D eigenvalue weighted by Crippen LogP contribution is 2.26. The van der Waals surface area contributed by atoms with Crippen molar-refractivity contribution >= 4 is 16.9 Å². The number of nitrogens with one attached hydrogen (secondary N) is 1. The highest BCUT2D eigenvalue weighted by Gasteiger charge is 2.30. The molecule has 1 saturated heterocycles. The van der Waals surface area contributed by atoms with Crippen LogP contribution in [0.5, 0.6) is 0 Å². The van der Waals surface area contributed by atoms with Crippen molar-refractivity contribution < 1.29 is 22.7 Å². The van der Waals surface area contributed by atoms with Gasteiger partial charge in [-0.1, -0.05) is 12.1 Å². The summed E-state index contributed by atoms with van der Waals surface area (Å²) in [6.45, 7) is -0.981. The van der Waals surface area contributed by atoms with Crippen LogP contribution in [0, 0.1) is 0 Å². The molecule has 0 aliphatic carbocycles. The summed E-state index contributed by atoms with van der Waals surface area (Å²) in [6.07, 6.45) is -2.75. The van der Waals surface area contributed by atoms with Crippen LogP contribution in [0.1, 0.15) is 24.6 Å². The van der Waals surface area contributed by atoms with E-state index in [1.54, 1.807) is 4.90 Å². The molecule has 1 aliphatic heterocycles. The molecule has 24 heavy (non-hydrogen) atoms. The number of piperidine rings is 1. The molecule has 3 rings (SSSR count). The van der Waals surface area contributed by atoms with Crippen LogP contribution >= 0.6 is 0 Å². The summed E-state index contributed by atoms with van der Waals surface area (Å²) in [5.41, 5.74) is 1.80. The van der Waals surface area contributed by atoms with Crippen LogP contribution in [0.3, 0.4) is 0 Å². The third kappa shape index (κ3) is 4.05. The first-order valence-corrected chi connectivity index (χ1v) is 7.79. The van der Waals surface area contributed by atoms with Crippen molar-refractivity contribution in [1.82, 2.24) is 14.9 Å². The molecule has 0 radical (unpaired) electrons. The number of hydrogen-bond acceptors (Lipinski definition) is 3. The molecule has 1 aromatic carbocycles. The van der Waals surface area contributed by atoms with E-state index in [1.807, 2.05) is 24.3 Å². The molecule has 2 aromatic rings. The van der Waals surface area contributed by atoms with Crippen molar-refractivity contribution in [3.05, 3.63) is 30.1 Å². The van der Waals surface area contributed by atoms with E-state index in [0.717, 1.165) is 29.7 Å². The van der Waals surface area contributed by atoms with Gasteiger partial charge in [-0.2, -0.15) is 13.2 Å². The van der Waals surface area contributed by atoms with Gasteiger partial charge in [-0.25, -0.2) is 4.98 Å². The molecular formula is C16H18F3N3O2. The first kappa shape index (κ1) is 16.8. The summed E-state index contributed by atoms with van der Waals surface area (Å²) in [4.78, 5) is 21.4. The fraction of sp³-hybridized carbons (Fsp3) is 0.500. The minimum atomic E-state index is -4.42. The van der Waals surface area contributed by atoms with E-state index in [2.05, 4.69) is 14.7 Å². The van der Waals surface area contributed by atoms with E-state index in [9.17, 15) is 18.0 Å². The minimum Gasteiger partial charge on any atom is -0.362 e. The van der Waals surface area contributed by atoms with Crippen LogP contribution in [-0.4, -0.2) is 53.3 Å². The molecule has 1 fully saturated rings. The van der Waals surface area contributed by atoms with Crippen LogP contribution in [-0.2, 0) is 9.53 Å². The number of hydrogen-bond donors (Lipinski definition) is 1. The van der Waals surface area contributed by atoms with Gasteiger partial charge >= 0.3 is 6.18 Å². The Labute approximate surface area is 136 Å². The zero-order valence-corrected chi connectivity index (χ0v) is 13.0. The van der Waals surface area contributed by atoms with Gasteiger partial charge < -0.3 is 14.6 Å². The molecule has 0 saturated carbocycles. The predicted octanol–water partition coefficient (Wildman–Crippen LogP) is 2.85. The molecule has 0 spiro atoms. The van der Waals surface area contributed by atoms with Gasteiger partial charge in [0.15, 0.2) is 0 Å². The van der Waals surface area contributed by atoms with Crippen molar-refractivity contribution in [1.29, 1.82) is 0 Å². The van der Waals surface area contributed by atoms with Gasteiger partial charge in [0, 0.05) is 19.0 Å². The van der Waals surface area contributed by atoms with E-state index >= 15 is 0 Å². The molecule has 1 amide bonds. The number of nitrogens with zero attached hydrogens (tertiary/aromatic N) is 2. The number of carbonyl (C=O) groups excluding carboxylic acids is 1. The maximum Gasteiger partial charge on any atom is 0.411 e. The number of fused-ring (bicyclic) bond motifs is 1. The number of likely N-dealkylation sites (tertiary alicyclic amines) is 1. The van der Waals surface area contributed by atoms with E-state index in [1.165, 1.54) is 0 Å². The lowest BCUT2D eigenvalue weighted by Crippen LogP contribution is -2.41. The molecule has 1 N–H and O–H groups in total. The number of imidazole rings is 1. The smallest absolute Gasteiger partial charge is 0.362 e. The number of amides is 1. The van der Waals surface area contributed by atoms with Crippen molar-refractivity contribution in [2.75, 3.05) is 26.3 Å². The van der Waals surface area contributed by atoms with Crippen LogP contribution < -0.4 is 0 Å². The van der Waals surface area contributed by atoms with Crippen LogP contribution in [0.2, 0.25) is 0 Å². The summed E-state index contributed by atoms with van der Waals surface area (Å²) < 4.78 is 40.7. The number of aromatic amines is 1. The largest absolute Gasteiger partial charge is 0.411 e. The van der Waals surface area contributed by atoms with Gasteiger partial charge in [-0.05, 0) is 25.0 Å². The van der Waals surface area contributed by atoms with E-state index in [0.29, 0.717) is 13.1 Å². The molecule has 130 valence electrons. The first-order valence-electron chi connectivity index (χ1n) is 7.79. The van der Waals surface area contributed by atoms with Crippen LogP contribution in [0.15, 0.2) is 24.3 Å². The number of benzene rings is 1. The van der Waals surface area contributed by atoms with Crippen molar-refractivity contribution in [3.63, 3.8) is 0 Å². The maximum atomic E-state index is 12.1. The summed E-state index contributed by atoms with van der Waals surface area (Å²) in [7, 11) is 0. The molecule has 1 aliphatic rings. The Kier molecular flexibility index (Phi) is 4.75. The van der Waals surface area contributed by atoms with Gasteiger partial charge in [0.05, 0.1) is 11.0 Å². The van der Waals surface area contributed by atoms with Crippen molar-refractivity contribution in [3.8, 4) is 0 Å². The van der Waals surface area contributed by atoms with Gasteiger partial charge in [-0.3, -0.25) is 4.79 Å². The van der Waals surface area contributed by atoms with E-state index in [4.69, 9.17) is 0 Å².